The van der Waals surface area contributed by atoms with Gasteiger partial charge in [0, 0.05) is 0 Å². The molecule has 0 aliphatic heterocycles. The number of hydrogen-bond acceptors (Lipinski definition) is 5. The standard InChI is InChI=1S/C6H9NO3S.ClH/c1-4(8)5(11-3-7)6(9)10-2;/h3,5,7H,1-2H3;1H/p-1. The monoisotopic (exact) mass is 210 g/mol. The van der Waals surface area contributed by atoms with Crippen molar-refractivity contribution in [3.8, 4) is 0 Å². The fourth-order valence-corrected chi connectivity index (χ4v) is 1.03. The van der Waals surface area contributed by atoms with E-state index in [1.165, 1.54) is 14.0 Å². The first-order chi connectivity index (χ1) is 5.13. The van der Waals surface area contributed by atoms with Crippen molar-refractivity contribution in [2.75, 3.05) is 7.11 Å². The van der Waals surface area contributed by atoms with Crippen LogP contribution >= 0.6 is 11.8 Å². The lowest BCUT2D eigenvalue weighted by atomic mass is 10.3. The highest BCUT2D eigenvalue weighted by molar-refractivity contribution is 8.13. The Morgan fingerprint density at radius 2 is 2.08 bits per heavy atom. The molecule has 0 heterocycles. The van der Waals surface area contributed by atoms with Gasteiger partial charge in [0.1, 0.15) is 0 Å². The van der Waals surface area contributed by atoms with Crippen LogP contribution in [0.25, 0.3) is 0 Å². The van der Waals surface area contributed by atoms with Crippen molar-refractivity contribution in [2.45, 2.75) is 12.2 Å². The van der Waals surface area contributed by atoms with Crippen molar-refractivity contribution in [3.63, 3.8) is 0 Å². The lowest BCUT2D eigenvalue weighted by Crippen LogP contribution is -3.00. The SMILES string of the molecule is COC(=O)C(SC=N)C(C)=O.[Cl-]. The summed E-state index contributed by atoms with van der Waals surface area (Å²) in [6, 6.07) is 0. The molecule has 0 bridgehead atoms. The van der Waals surface area contributed by atoms with E-state index in [2.05, 4.69) is 4.74 Å². The van der Waals surface area contributed by atoms with Crippen LogP contribution < -0.4 is 12.4 Å². The van der Waals surface area contributed by atoms with Gasteiger partial charge in [0.15, 0.2) is 11.0 Å². The second-order valence-electron chi connectivity index (χ2n) is 1.77. The summed E-state index contributed by atoms with van der Waals surface area (Å²) in [6.45, 7) is 1.29. The highest BCUT2D eigenvalue weighted by Crippen LogP contribution is 2.09. The van der Waals surface area contributed by atoms with Gasteiger partial charge in [-0.2, -0.15) is 0 Å². The number of hydrogen-bond donors (Lipinski definition) is 1. The highest BCUT2D eigenvalue weighted by Gasteiger charge is 2.23. The Kier molecular flexibility index (Phi) is 8.31. The molecule has 0 saturated heterocycles. The van der Waals surface area contributed by atoms with Crippen LogP contribution in [0.2, 0.25) is 0 Å². The molecule has 0 aliphatic rings. The average Bonchev–Trinajstić information content (AvgIpc) is 1.98. The summed E-state index contributed by atoms with van der Waals surface area (Å²) in [7, 11) is 1.21. The molecule has 70 valence electrons. The number of ketones is 1. The zero-order chi connectivity index (χ0) is 8.85. The zero-order valence-electron chi connectivity index (χ0n) is 6.67. The van der Waals surface area contributed by atoms with Crippen molar-refractivity contribution in [1.29, 1.82) is 5.41 Å². The van der Waals surface area contributed by atoms with Gasteiger partial charge in [-0.25, -0.2) is 0 Å². The molecular weight excluding hydrogens is 202 g/mol. The second kappa shape index (κ2) is 7.12. The van der Waals surface area contributed by atoms with Crippen molar-refractivity contribution >= 4 is 29.1 Å². The van der Waals surface area contributed by atoms with Gasteiger partial charge >= 0.3 is 5.97 Å². The predicted octanol–water partition coefficient (Wildman–Crippen LogP) is -2.54. The van der Waals surface area contributed by atoms with Gasteiger partial charge in [-0.05, 0) is 6.92 Å². The summed E-state index contributed by atoms with van der Waals surface area (Å²) in [4.78, 5) is 21.5. The third kappa shape index (κ3) is 4.35. The third-order valence-electron chi connectivity index (χ3n) is 0.989. The molecule has 0 spiro atoms. The quantitative estimate of drug-likeness (QED) is 0.240. The van der Waals surface area contributed by atoms with Crippen LogP contribution in [0, 0.1) is 5.41 Å². The number of esters is 1. The molecular formula is C6H9ClNO3S-. The van der Waals surface area contributed by atoms with E-state index in [9.17, 15) is 9.59 Å². The molecule has 0 radical (unpaired) electrons. The van der Waals surface area contributed by atoms with E-state index >= 15 is 0 Å². The van der Waals surface area contributed by atoms with Crippen molar-refractivity contribution in [3.05, 3.63) is 0 Å². The molecule has 1 unspecified atom stereocenters. The normalized spacial score (nSPS) is 10.8. The first-order valence-corrected chi connectivity index (χ1v) is 3.80. The van der Waals surface area contributed by atoms with E-state index in [1.807, 2.05) is 0 Å². The summed E-state index contributed by atoms with van der Waals surface area (Å²) < 4.78 is 4.34. The molecule has 0 aliphatic carbocycles. The second-order valence-corrected chi connectivity index (χ2v) is 2.75. The van der Waals surface area contributed by atoms with Gasteiger partial charge in [0.05, 0.1) is 12.7 Å². The molecule has 1 N–H and O–H groups in total. The fourth-order valence-electron chi connectivity index (χ4n) is 0.492. The number of ether oxygens (including phenoxy) is 1. The van der Waals surface area contributed by atoms with Crippen LogP contribution in [0.1, 0.15) is 6.92 Å². The Balaban J connectivity index is 0. The van der Waals surface area contributed by atoms with E-state index in [4.69, 9.17) is 5.41 Å². The fraction of sp³-hybridized carbons (Fsp3) is 0.500. The molecule has 0 aromatic carbocycles. The van der Waals surface area contributed by atoms with E-state index in [0.717, 1.165) is 17.3 Å². The number of carbonyl (C=O) groups excluding carboxylic acids is 2. The topological polar surface area (TPSA) is 67.2 Å². The molecule has 1 atom stereocenters. The first kappa shape index (κ1) is 14.0. The molecule has 0 saturated carbocycles. The van der Waals surface area contributed by atoms with Crippen molar-refractivity contribution < 1.29 is 26.7 Å². The van der Waals surface area contributed by atoms with Gasteiger partial charge in [-0.15, -0.1) is 0 Å². The number of nitrogens with one attached hydrogen (secondary N) is 1. The van der Waals surface area contributed by atoms with E-state index in [1.54, 1.807) is 0 Å². The molecule has 0 aromatic rings. The van der Waals surface area contributed by atoms with Crippen molar-refractivity contribution in [1.82, 2.24) is 0 Å². The number of rotatable bonds is 4. The average molecular weight is 211 g/mol. The molecule has 0 fully saturated rings. The third-order valence-corrected chi connectivity index (χ3v) is 1.92. The van der Waals surface area contributed by atoms with Crippen LogP contribution in [0.5, 0.6) is 0 Å². The number of methoxy groups -OCH3 is 1. The smallest absolute Gasteiger partial charge is 0.326 e. The van der Waals surface area contributed by atoms with Crippen LogP contribution in [0.3, 0.4) is 0 Å². The largest absolute Gasteiger partial charge is 1.00 e. The molecule has 0 aromatic heterocycles. The Morgan fingerprint density at radius 3 is 2.33 bits per heavy atom. The minimum absolute atomic E-state index is 0. The van der Waals surface area contributed by atoms with Crippen molar-refractivity contribution in [2.24, 2.45) is 0 Å². The van der Waals surface area contributed by atoms with Gasteiger partial charge in [-0.1, -0.05) is 11.8 Å². The number of halogens is 1. The Bertz CT molecular complexity index is 186. The van der Waals surface area contributed by atoms with E-state index < -0.39 is 11.2 Å². The lowest BCUT2D eigenvalue weighted by Gasteiger charge is -2.06. The van der Waals surface area contributed by atoms with Crippen LogP contribution in [-0.2, 0) is 14.3 Å². The number of thioether (sulfide) groups is 1. The summed E-state index contributed by atoms with van der Waals surface area (Å²) in [6.07, 6.45) is 0. The molecule has 0 rings (SSSR count). The minimum Gasteiger partial charge on any atom is -1.00 e. The lowest BCUT2D eigenvalue weighted by molar-refractivity contribution is -0.142. The van der Waals surface area contributed by atoms with Crippen LogP contribution in [-0.4, -0.2) is 29.7 Å². The van der Waals surface area contributed by atoms with Gasteiger partial charge in [0.2, 0.25) is 0 Å². The number of carbonyl (C=O) groups is 2. The maximum Gasteiger partial charge on any atom is 0.326 e. The Labute approximate surface area is 81.0 Å². The van der Waals surface area contributed by atoms with Crippen LogP contribution in [0.4, 0.5) is 0 Å². The molecule has 6 heteroatoms. The maximum absolute atomic E-state index is 10.8. The Morgan fingerprint density at radius 1 is 1.58 bits per heavy atom. The molecule has 4 nitrogen and oxygen atoms in total. The first-order valence-electron chi connectivity index (χ1n) is 2.86. The van der Waals surface area contributed by atoms with Gasteiger partial charge < -0.3 is 22.6 Å². The number of Topliss-reactive ketones (excluding diaryl/α,β-unsaturated/α-hetero) is 1. The minimum atomic E-state index is -0.877. The van der Waals surface area contributed by atoms with E-state index in [0.29, 0.717) is 0 Å². The van der Waals surface area contributed by atoms with Crippen LogP contribution in [0.15, 0.2) is 0 Å². The maximum atomic E-state index is 10.8. The predicted molar refractivity (Wildman–Crippen MR) is 42.9 cm³/mol. The summed E-state index contributed by atoms with van der Waals surface area (Å²) >= 11 is 0.835. The Hall–Kier alpha value is -0.550. The molecule has 0 amide bonds. The molecule has 12 heavy (non-hydrogen) atoms. The zero-order valence-corrected chi connectivity index (χ0v) is 8.24. The van der Waals surface area contributed by atoms with Gasteiger partial charge in [-0.3, -0.25) is 9.59 Å². The highest BCUT2D eigenvalue weighted by atomic mass is 35.5. The summed E-state index contributed by atoms with van der Waals surface area (Å²) in [5.74, 6) is -0.906. The van der Waals surface area contributed by atoms with Gasteiger partial charge in [0.25, 0.3) is 0 Å². The van der Waals surface area contributed by atoms with E-state index in [-0.39, 0.29) is 18.2 Å². The summed E-state index contributed by atoms with van der Waals surface area (Å²) in [5.41, 5.74) is 0.947. The summed E-state index contributed by atoms with van der Waals surface area (Å²) in [5, 5.41) is 5.80.